The first-order valence-corrected chi connectivity index (χ1v) is 13.7. The van der Waals surface area contributed by atoms with Crippen molar-refractivity contribution in [2.24, 2.45) is 11.8 Å². The monoisotopic (exact) mass is 567 g/mol. The number of halogens is 4. The Labute approximate surface area is 230 Å². The van der Waals surface area contributed by atoms with Gasteiger partial charge in [-0.3, -0.25) is 0 Å². The van der Waals surface area contributed by atoms with Crippen LogP contribution in [0.4, 0.5) is 25.1 Å². The molecule has 4 heterocycles. The fourth-order valence-corrected chi connectivity index (χ4v) is 5.58. The molecule has 0 aromatic carbocycles. The van der Waals surface area contributed by atoms with E-state index >= 15 is 0 Å². The zero-order chi connectivity index (χ0) is 27.7. The molecule has 13 heteroatoms. The van der Waals surface area contributed by atoms with Gasteiger partial charge in [-0.25, -0.2) is 28.0 Å². The molecule has 5 rings (SSSR count). The number of aromatic nitrogens is 4. The Morgan fingerprint density at radius 2 is 1.74 bits per heavy atom. The molecule has 3 aliphatic rings. The summed E-state index contributed by atoms with van der Waals surface area (Å²) in [5.74, 6) is 0.998. The van der Waals surface area contributed by atoms with Crippen LogP contribution >= 0.6 is 11.8 Å². The summed E-state index contributed by atoms with van der Waals surface area (Å²) < 4.78 is 53.5. The minimum absolute atomic E-state index is 0.0440. The number of rotatable bonds is 8. The molecule has 1 N–H and O–H groups in total. The van der Waals surface area contributed by atoms with Crippen molar-refractivity contribution in [3.63, 3.8) is 0 Å². The molecule has 2 fully saturated rings. The van der Waals surface area contributed by atoms with Crippen LogP contribution in [0.15, 0.2) is 40.5 Å². The summed E-state index contributed by atoms with van der Waals surface area (Å²) >= 11 is 5.91. The van der Waals surface area contributed by atoms with Crippen LogP contribution in [0, 0.1) is 11.8 Å². The fourth-order valence-electron chi connectivity index (χ4n) is 5.36. The quantitative estimate of drug-likeness (QED) is 0.456. The average Bonchev–Trinajstić information content (AvgIpc) is 3.59. The Balaban J connectivity index is 1.15. The topological polar surface area (TPSA) is 92.4 Å². The van der Waals surface area contributed by atoms with Gasteiger partial charge in [0.25, 0.3) is 0 Å². The molecule has 5 atom stereocenters. The maximum atomic E-state index is 14.5. The molecule has 0 saturated carbocycles. The highest BCUT2D eigenvalue weighted by Crippen LogP contribution is 2.36. The van der Waals surface area contributed by atoms with E-state index in [4.69, 9.17) is 21.0 Å². The van der Waals surface area contributed by atoms with Gasteiger partial charge in [0.2, 0.25) is 5.95 Å². The lowest BCUT2D eigenvalue weighted by Crippen LogP contribution is -2.38. The van der Waals surface area contributed by atoms with Gasteiger partial charge in [-0.15, -0.1) is 0 Å². The van der Waals surface area contributed by atoms with Crippen molar-refractivity contribution in [1.29, 1.82) is 0 Å². The summed E-state index contributed by atoms with van der Waals surface area (Å²) in [5.41, 5.74) is 0.108. The molecule has 2 aliphatic heterocycles. The highest BCUT2D eigenvalue weighted by molar-refractivity contribution is 6.13. The summed E-state index contributed by atoms with van der Waals surface area (Å²) in [6, 6.07) is 0.176. The molecular formula is C26H33ClF3N7O2. The van der Waals surface area contributed by atoms with Gasteiger partial charge < -0.3 is 19.1 Å². The predicted molar refractivity (Wildman–Crippen MR) is 141 cm³/mol. The second kappa shape index (κ2) is 11.7. The number of anilines is 2. The van der Waals surface area contributed by atoms with Crippen LogP contribution in [0.1, 0.15) is 45.4 Å². The second-order valence-electron chi connectivity index (χ2n) is 10.7. The third-order valence-electron chi connectivity index (χ3n) is 7.72. The minimum Gasteiger partial charge on any atom is -0.487 e. The van der Waals surface area contributed by atoms with E-state index in [1.165, 1.54) is 0 Å². The Morgan fingerprint density at radius 3 is 2.38 bits per heavy atom. The second-order valence-corrected chi connectivity index (χ2v) is 10.9. The van der Waals surface area contributed by atoms with E-state index in [0.717, 1.165) is 32.0 Å². The van der Waals surface area contributed by atoms with E-state index in [1.54, 1.807) is 12.4 Å². The summed E-state index contributed by atoms with van der Waals surface area (Å²) in [4.78, 5) is 20.0. The average molecular weight is 568 g/mol. The standard InChI is InChI=1S/C26H33ClF3N7O2/c1-14(2)24-33-26(39-35-24)36-6-4-16(5-7-36)15(3)38-17-10-31-25(32-11-17)37-12-19(23(13-37)34-27)18-8-21(29)22(30)9-20(18)28/h8-11,14-16,19,21-23,34H,4-7,12-13H2,1-3H3/t15-,19+,21?,22?,23-/m0/s1. The summed E-state index contributed by atoms with van der Waals surface area (Å²) in [5, 5.41) is 4.05. The zero-order valence-corrected chi connectivity index (χ0v) is 22.9. The van der Waals surface area contributed by atoms with E-state index < -0.39 is 30.1 Å². The largest absolute Gasteiger partial charge is 0.487 e. The van der Waals surface area contributed by atoms with Gasteiger partial charge in [-0.2, -0.15) is 4.98 Å². The van der Waals surface area contributed by atoms with Crippen molar-refractivity contribution in [2.75, 3.05) is 36.0 Å². The number of alkyl halides is 2. The van der Waals surface area contributed by atoms with Gasteiger partial charge in [0.05, 0.1) is 18.5 Å². The molecule has 9 nitrogen and oxygen atoms in total. The SMILES string of the molecule is CC(C)c1noc(N2CCC([C@H](C)Oc3cnc(N4C[C@H](NCl)[C@@H](C5=CC(F)C(F)C=C5F)C4)nc3)CC2)n1. The van der Waals surface area contributed by atoms with Gasteiger partial charge in [0.15, 0.2) is 23.9 Å². The van der Waals surface area contributed by atoms with Crippen LogP contribution in [-0.2, 0) is 0 Å². The number of allylic oxidation sites excluding steroid dienone is 3. The smallest absolute Gasteiger partial charge is 0.324 e. The number of nitrogens with one attached hydrogen (secondary N) is 1. The van der Waals surface area contributed by atoms with E-state index in [-0.39, 0.29) is 17.6 Å². The highest BCUT2D eigenvalue weighted by atomic mass is 35.5. The molecular weight excluding hydrogens is 535 g/mol. The maximum Gasteiger partial charge on any atom is 0.324 e. The van der Waals surface area contributed by atoms with Crippen molar-refractivity contribution >= 4 is 23.7 Å². The van der Waals surface area contributed by atoms with Crippen molar-refractivity contribution in [1.82, 2.24) is 24.9 Å². The van der Waals surface area contributed by atoms with Gasteiger partial charge in [0.1, 0.15) is 5.83 Å². The van der Waals surface area contributed by atoms with Crippen LogP contribution in [0.5, 0.6) is 5.75 Å². The molecule has 212 valence electrons. The van der Waals surface area contributed by atoms with Crippen molar-refractivity contribution in [3.8, 4) is 5.75 Å². The molecule has 1 aliphatic carbocycles. The molecule has 0 spiro atoms. The molecule has 2 saturated heterocycles. The van der Waals surface area contributed by atoms with E-state index in [1.807, 2.05) is 25.7 Å². The first kappa shape index (κ1) is 27.7. The number of hydrogen-bond acceptors (Lipinski definition) is 9. The van der Waals surface area contributed by atoms with Crippen molar-refractivity contribution in [2.45, 2.75) is 64.0 Å². The number of nitrogens with zero attached hydrogens (tertiary/aromatic N) is 6. The molecule has 0 amide bonds. The molecule has 2 aromatic rings. The lowest BCUT2D eigenvalue weighted by Gasteiger charge is -2.33. The van der Waals surface area contributed by atoms with Gasteiger partial charge in [-0.1, -0.05) is 19.0 Å². The maximum absolute atomic E-state index is 14.5. The van der Waals surface area contributed by atoms with E-state index in [0.29, 0.717) is 48.6 Å². The van der Waals surface area contributed by atoms with Gasteiger partial charge >= 0.3 is 6.01 Å². The van der Waals surface area contributed by atoms with E-state index in [9.17, 15) is 13.2 Å². The normalized spacial score (nSPS) is 27.1. The van der Waals surface area contributed by atoms with Crippen LogP contribution in [-0.4, -0.2) is 70.8 Å². The van der Waals surface area contributed by atoms with Crippen LogP contribution in [0.2, 0.25) is 0 Å². The third kappa shape index (κ3) is 6.01. The summed E-state index contributed by atoms with van der Waals surface area (Å²) in [6.07, 6.45) is 2.84. The van der Waals surface area contributed by atoms with Gasteiger partial charge in [0, 0.05) is 44.1 Å². The highest BCUT2D eigenvalue weighted by Gasteiger charge is 2.40. The fraction of sp³-hybridized carbons (Fsp3) is 0.615. The zero-order valence-electron chi connectivity index (χ0n) is 22.1. The lowest BCUT2D eigenvalue weighted by molar-refractivity contribution is 0.131. The number of ether oxygens (including phenoxy) is 1. The van der Waals surface area contributed by atoms with Crippen LogP contribution in [0.25, 0.3) is 0 Å². The molecule has 39 heavy (non-hydrogen) atoms. The number of hydrogen-bond donors (Lipinski definition) is 1. The van der Waals surface area contributed by atoms with Crippen LogP contribution in [0.3, 0.4) is 0 Å². The molecule has 2 aromatic heterocycles. The summed E-state index contributed by atoms with van der Waals surface area (Å²) in [6.45, 7) is 8.40. The minimum atomic E-state index is -1.98. The molecule has 0 radical (unpaired) electrons. The lowest BCUT2D eigenvalue weighted by atomic mass is 9.89. The Bertz CT molecular complexity index is 1190. The first-order chi connectivity index (χ1) is 18.7. The predicted octanol–water partition coefficient (Wildman–Crippen LogP) is 4.68. The van der Waals surface area contributed by atoms with Crippen molar-refractivity contribution in [3.05, 3.63) is 41.8 Å². The van der Waals surface area contributed by atoms with Crippen LogP contribution < -0.4 is 19.4 Å². The number of piperidine rings is 1. The first-order valence-electron chi connectivity index (χ1n) is 13.3. The molecule has 2 unspecified atom stereocenters. The van der Waals surface area contributed by atoms with Gasteiger partial charge in [-0.05, 0) is 55.2 Å². The van der Waals surface area contributed by atoms with Crippen molar-refractivity contribution < 1.29 is 22.4 Å². The Hall–Kier alpha value is -2.86. The summed E-state index contributed by atoms with van der Waals surface area (Å²) in [7, 11) is 0. The van der Waals surface area contributed by atoms with E-state index in [2.05, 4.69) is 29.8 Å². The Morgan fingerprint density at radius 1 is 1.05 bits per heavy atom. The molecule has 0 bridgehead atoms. The third-order valence-corrected chi connectivity index (χ3v) is 8.00. The Kier molecular flexibility index (Phi) is 8.32.